The van der Waals surface area contributed by atoms with Gasteiger partial charge in [-0.15, -0.1) is 11.3 Å². The van der Waals surface area contributed by atoms with Gasteiger partial charge in [0.25, 0.3) is 0 Å². The van der Waals surface area contributed by atoms with Crippen molar-refractivity contribution < 1.29 is 8.42 Å². The Morgan fingerprint density at radius 1 is 1.48 bits per heavy atom. The number of sulfonamides is 1. The lowest BCUT2D eigenvalue weighted by atomic mass is 10.4. The predicted octanol–water partition coefficient (Wildman–Crippen LogP) is 1.34. The van der Waals surface area contributed by atoms with Crippen LogP contribution >= 0.6 is 11.3 Å². The smallest absolute Gasteiger partial charge is 0.241 e. The highest BCUT2D eigenvalue weighted by atomic mass is 32.2. The first-order chi connectivity index (χ1) is 9.92. The number of rotatable bonds is 7. The van der Waals surface area contributed by atoms with Crippen molar-refractivity contribution in [2.45, 2.75) is 37.9 Å². The van der Waals surface area contributed by atoms with E-state index in [1.807, 2.05) is 33.2 Å². The molecule has 0 aliphatic rings. The molecule has 0 spiro atoms. The van der Waals surface area contributed by atoms with Crippen LogP contribution < -0.4 is 10.0 Å². The molecule has 21 heavy (non-hydrogen) atoms. The molecule has 0 aliphatic heterocycles. The monoisotopic (exact) mass is 328 g/mol. The van der Waals surface area contributed by atoms with Crippen LogP contribution in [0.3, 0.4) is 0 Å². The number of aromatic nitrogens is 2. The van der Waals surface area contributed by atoms with E-state index in [0.29, 0.717) is 18.0 Å². The summed E-state index contributed by atoms with van der Waals surface area (Å²) in [7, 11) is -1.66. The van der Waals surface area contributed by atoms with Crippen molar-refractivity contribution in [3.05, 3.63) is 34.3 Å². The van der Waals surface area contributed by atoms with E-state index in [1.165, 1.54) is 11.3 Å². The number of hydrogen-bond donors (Lipinski definition) is 2. The number of aryl methyl sites for hydroxylation is 1. The number of nitrogens with zero attached hydrogens (tertiary/aromatic N) is 2. The minimum atomic E-state index is -3.50. The van der Waals surface area contributed by atoms with E-state index < -0.39 is 10.0 Å². The third kappa shape index (κ3) is 4.13. The van der Waals surface area contributed by atoms with Gasteiger partial charge in [-0.05, 0) is 33.0 Å². The molecule has 2 N–H and O–H groups in total. The van der Waals surface area contributed by atoms with Crippen LogP contribution in [0.2, 0.25) is 0 Å². The zero-order valence-corrected chi connectivity index (χ0v) is 14.0. The lowest BCUT2D eigenvalue weighted by Gasteiger charge is -2.14. The Hall–Kier alpha value is -1.22. The molecular formula is C13H20N4O2S2. The number of hydrogen-bond acceptors (Lipinski definition) is 5. The van der Waals surface area contributed by atoms with Crippen molar-refractivity contribution in [2.24, 2.45) is 0 Å². The van der Waals surface area contributed by atoms with Crippen LogP contribution in [-0.4, -0.2) is 31.3 Å². The summed E-state index contributed by atoms with van der Waals surface area (Å²) in [6.07, 6.45) is 3.49. The molecule has 116 valence electrons. The highest BCUT2D eigenvalue weighted by Crippen LogP contribution is 2.25. The summed E-state index contributed by atoms with van der Waals surface area (Å²) in [4.78, 5) is 2.18. The molecule has 8 heteroatoms. The van der Waals surface area contributed by atoms with Crippen LogP contribution in [0.25, 0.3) is 0 Å². The molecular weight excluding hydrogens is 308 g/mol. The maximum Gasteiger partial charge on any atom is 0.241 e. The normalized spacial score (nSPS) is 13.5. The summed E-state index contributed by atoms with van der Waals surface area (Å²) in [6.45, 7) is 4.83. The van der Waals surface area contributed by atoms with E-state index in [1.54, 1.807) is 16.9 Å². The van der Waals surface area contributed by atoms with Crippen LogP contribution in [-0.2, 0) is 23.1 Å². The summed E-state index contributed by atoms with van der Waals surface area (Å²) >= 11 is 1.50. The first kappa shape index (κ1) is 16.2. The molecule has 2 rings (SSSR count). The second kappa shape index (κ2) is 6.69. The third-order valence-corrected chi connectivity index (χ3v) is 5.84. The molecule has 2 aromatic rings. The molecule has 2 heterocycles. The van der Waals surface area contributed by atoms with Crippen molar-refractivity contribution in [3.63, 3.8) is 0 Å². The van der Waals surface area contributed by atoms with E-state index in [9.17, 15) is 8.42 Å². The fourth-order valence-corrected chi connectivity index (χ4v) is 4.99. The van der Waals surface area contributed by atoms with Crippen molar-refractivity contribution >= 4 is 21.4 Å². The number of thiophene rings is 1. The topological polar surface area (TPSA) is 76.0 Å². The Bertz CT molecular complexity index is 677. The Balaban J connectivity index is 2.10. The summed E-state index contributed by atoms with van der Waals surface area (Å²) in [5, 5.41) is 7.11. The third-order valence-electron chi connectivity index (χ3n) is 2.94. The van der Waals surface area contributed by atoms with Crippen LogP contribution in [0.1, 0.15) is 16.7 Å². The van der Waals surface area contributed by atoms with Gasteiger partial charge in [0.1, 0.15) is 0 Å². The van der Waals surface area contributed by atoms with Crippen molar-refractivity contribution in [3.8, 4) is 0 Å². The fraction of sp³-hybridized carbons (Fsp3) is 0.462. The summed E-state index contributed by atoms with van der Waals surface area (Å²) in [5.74, 6) is 0. The molecule has 0 fully saturated rings. The van der Waals surface area contributed by atoms with Gasteiger partial charge in [-0.1, -0.05) is 0 Å². The van der Waals surface area contributed by atoms with Gasteiger partial charge in [0.15, 0.2) is 0 Å². The zero-order chi connectivity index (χ0) is 15.5. The Labute approximate surface area is 129 Å². The molecule has 1 atom stereocenters. The maximum atomic E-state index is 12.5. The molecule has 0 radical (unpaired) electrons. The molecule has 0 saturated heterocycles. The molecule has 0 aromatic carbocycles. The molecule has 0 aliphatic carbocycles. The quantitative estimate of drug-likeness (QED) is 0.804. The fourth-order valence-electron chi connectivity index (χ4n) is 2.11. The van der Waals surface area contributed by atoms with Gasteiger partial charge in [0.05, 0.1) is 11.4 Å². The Morgan fingerprint density at radius 2 is 2.24 bits per heavy atom. The van der Waals surface area contributed by atoms with Crippen LogP contribution in [0.4, 0.5) is 0 Å². The first-order valence-corrected chi connectivity index (χ1v) is 8.96. The second-order valence-electron chi connectivity index (χ2n) is 4.91. The molecule has 6 nitrogen and oxygen atoms in total. The lowest BCUT2D eigenvalue weighted by Crippen LogP contribution is -2.35. The Morgan fingerprint density at radius 3 is 2.86 bits per heavy atom. The van der Waals surface area contributed by atoms with Gasteiger partial charge in [-0.2, -0.15) is 5.10 Å². The second-order valence-corrected chi connectivity index (χ2v) is 7.94. The van der Waals surface area contributed by atoms with Crippen LogP contribution in [0, 0.1) is 6.92 Å². The van der Waals surface area contributed by atoms with Crippen LogP contribution in [0.5, 0.6) is 0 Å². The minimum Gasteiger partial charge on any atom is -0.315 e. The summed E-state index contributed by atoms with van der Waals surface area (Å²) in [5.41, 5.74) is 0. The van der Waals surface area contributed by atoms with E-state index in [4.69, 9.17) is 0 Å². The maximum absolute atomic E-state index is 12.5. The van der Waals surface area contributed by atoms with Crippen LogP contribution in [0.15, 0.2) is 29.4 Å². The highest BCUT2D eigenvalue weighted by Gasteiger charge is 2.22. The molecule has 0 amide bonds. The van der Waals surface area contributed by atoms with Gasteiger partial charge >= 0.3 is 0 Å². The average Bonchev–Trinajstić information content (AvgIpc) is 2.99. The van der Waals surface area contributed by atoms with Crippen molar-refractivity contribution in [2.75, 3.05) is 7.05 Å². The molecule has 1 unspecified atom stereocenters. The zero-order valence-electron chi connectivity index (χ0n) is 12.3. The average molecular weight is 328 g/mol. The van der Waals surface area contributed by atoms with Gasteiger partial charge in [0.2, 0.25) is 10.0 Å². The minimum absolute atomic E-state index is 0.234. The standard InChI is InChI=1S/C13H20N4O2S2/c1-10(9-17-6-4-5-15-17)16-21(18,19)13-7-12(8-14-3)20-11(13)2/h4-7,10,14,16H,8-9H2,1-3H3. The first-order valence-electron chi connectivity index (χ1n) is 6.66. The summed E-state index contributed by atoms with van der Waals surface area (Å²) < 4.78 is 29.3. The highest BCUT2D eigenvalue weighted by molar-refractivity contribution is 7.89. The van der Waals surface area contributed by atoms with Gasteiger partial charge < -0.3 is 5.32 Å². The SMILES string of the molecule is CNCc1cc(S(=O)(=O)NC(C)Cn2cccn2)c(C)s1. The largest absolute Gasteiger partial charge is 0.315 e. The number of nitrogens with one attached hydrogen (secondary N) is 2. The molecule has 0 bridgehead atoms. The van der Waals surface area contributed by atoms with Crippen molar-refractivity contribution in [1.29, 1.82) is 0 Å². The predicted molar refractivity (Wildman–Crippen MR) is 83.8 cm³/mol. The van der Waals surface area contributed by atoms with E-state index in [2.05, 4.69) is 15.1 Å². The molecule has 2 aromatic heterocycles. The van der Waals surface area contributed by atoms with E-state index in [-0.39, 0.29) is 6.04 Å². The van der Waals surface area contributed by atoms with Gasteiger partial charge in [-0.3, -0.25) is 4.68 Å². The Kier molecular flexibility index (Phi) is 5.15. The van der Waals surface area contributed by atoms with Crippen molar-refractivity contribution in [1.82, 2.24) is 19.8 Å². The molecule has 0 saturated carbocycles. The van der Waals surface area contributed by atoms with Gasteiger partial charge in [0, 0.05) is 34.7 Å². The van der Waals surface area contributed by atoms with E-state index in [0.717, 1.165) is 9.75 Å². The summed E-state index contributed by atoms with van der Waals surface area (Å²) in [6, 6.07) is 3.32. The van der Waals surface area contributed by atoms with E-state index >= 15 is 0 Å². The van der Waals surface area contributed by atoms with Gasteiger partial charge in [-0.25, -0.2) is 13.1 Å². The lowest BCUT2D eigenvalue weighted by molar-refractivity contribution is 0.494.